The molecule has 2 rings (SSSR count). The molecule has 1 fully saturated rings. The molecule has 1 atom stereocenters. The van der Waals surface area contributed by atoms with Gasteiger partial charge in [0.15, 0.2) is 0 Å². The Morgan fingerprint density at radius 3 is 2.88 bits per heavy atom. The molecular weight excluding hydrogens is 222 g/mol. The standard InChI is InChI=1S/C13H18ClNO/c1-8-6-10(7-11-4-3-5-15-11)9(2)13(16)12(8)14/h6,11,15-16H,3-5,7H2,1-2H3. The van der Waals surface area contributed by atoms with Crippen LogP contribution in [0.2, 0.25) is 5.02 Å². The van der Waals surface area contributed by atoms with Crippen LogP contribution in [0.4, 0.5) is 0 Å². The topological polar surface area (TPSA) is 32.3 Å². The highest BCUT2D eigenvalue weighted by molar-refractivity contribution is 6.32. The van der Waals surface area contributed by atoms with Crippen molar-refractivity contribution in [2.24, 2.45) is 0 Å². The highest BCUT2D eigenvalue weighted by Crippen LogP contribution is 2.33. The van der Waals surface area contributed by atoms with Crippen molar-refractivity contribution in [1.82, 2.24) is 5.32 Å². The lowest BCUT2D eigenvalue weighted by Gasteiger charge is -2.15. The van der Waals surface area contributed by atoms with Crippen LogP contribution in [0.1, 0.15) is 29.5 Å². The van der Waals surface area contributed by atoms with E-state index in [4.69, 9.17) is 11.6 Å². The Bertz CT molecular complexity index is 397. The first kappa shape index (κ1) is 11.7. The van der Waals surface area contributed by atoms with Gasteiger partial charge in [-0.05, 0) is 56.3 Å². The van der Waals surface area contributed by atoms with E-state index in [2.05, 4.69) is 11.4 Å². The third-order valence-corrected chi connectivity index (χ3v) is 3.89. The molecule has 1 saturated heterocycles. The lowest BCUT2D eigenvalue weighted by atomic mass is 9.97. The molecule has 1 aliphatic rings. The minimum atomic E-state index is 0.245. The Kier molecular flexibility index (Phi) is 3.41. The Hall–Kier alpha value is -0.730. The Balaban J connectivity index is 2.26. The Labute approximate surface area is 102 Å². The number of hydrogen-bond donors (Lipinski definition) is 2. The van der Waals surface area contributed by atoms with Gasteiger partial charge in [-0.1, -0.05) is 17.7 Å². The second kappa shape index (κ2) is 4.64. The first-order valence-corrected chi connectivity index (χ1v) is 6.18. The number of halogens is 1. The van der Waals surface area contributed by atoms with Crippen molar-refractivity contribution in [3.63, 3.8) is 0 Å². The van der Waals surface area contributed by atoms with Crippen LogP contribution in [0.25, 0.3) is 0 Å². The van der Waals surface area contributed by atoms with E-state index in [9.17, 15) is 5.11 Å². The third-order valence-electron chi connectivity index (χ3n) is 3.41. The maximum absolute atomic E-state index is 9.89. The molecular formula is C13H18ClNO. The monoisotopic (exact) mass is 239 g/mol. The van der Waals surface area contributed by atoms with Crippen LogP contribution in [-0.2, 0) is 6.42 Å². The second-order valence-electron chi connectivity index (χ2n) is 4.64. The number of rotatable bonds is 2. The fraction of sp³-hybridized carbons (Fsp3) is 0.538. The minimum Gasteiger partial charge on any atom is -0.506 e. The molecule has 1 aromatic carbocycles. The number of nitrogens with one attached hydrogen (secondary N) is 1. The van der Waals surface area contributed by atoms with E-state index in [1.54, 1.807) is 0 Å². The van der Waals surface area contributed by atoms with Crippen molar-refractivity contribution in [3.8, 4) is 5.75 Å². The van der Waals surface area contributed by atoms with Crippen molar-refractivity contribution in [2.45, 2.75) is 39.2 Å². The molecule has 0 radical (unpaired) electrons. The van der Waals surface area contributed by atoms with Crippen LogP contribution in [0.15, 0.2) is 6.07 Å². The molecule has 0 aliphatic carbocycles. The lowest BCUT2D eigenvalue weighted by molar-refractivity contribution is 0.469. The number of phenolic OH excluding ortho intramolecular Hbond substituents is 1. The summed E-state index contributed by atoms with van der Waals surface area (Å²) in [6.07, 6.45) is 3.46. The smallest absolute Gasteiger partial charge is 0.137 e. The number of aryl methyl sites for hydroxylation is 1. The quantitative estimate of drug-likeness (QED) is 0.832. The molecule has 88 valence electrons. The molecule has 16 heavy (non-hydrogen) atoms. The molecule has 1 unspecified atom stereocenters. The van der Waals surface area contributed by atoms with Gasteiger partial charge in [-0.3, -0.25) is 0 Å². The van der Waals surface area contributed by atoms with Gasteiger partial charge in [0.2, 0.25) is 0 Å². The lowest BCUT2D eigenvalue weighted by Crippen LogP contribution is -2.24. The van der Waals surface area contributed by atoms with Crippen LogP contribution >= 0.6 is 11.6 Å². The van der Waals surface area contributed by atoms with Gasteiger partial charge < -0.3 is 10.4 Å². The zero-order valence-corrected chi connectivity index (χ0v) is 10.6. The van der Waals surface area contributed by atoms with Gasteiger partial charge in [-0.25, -0.2) is 0 Å². The molecule has 2 N–H and O–H groups in total. The van der Waals surface area contributed by atoms with E-state index in [-0.39, 0.29) is 5.75 Å². The molecule has 1 aromatic rings. The van der Waals surface area contributed by atoms with Gasteiger partial charge in [0.1, 0.15) is 5.75 Å². The van der Waals surface area contributed by atoms with Gasteiger partial charge in [0.25, 0.3) is 0 Å². The molecule has 0 spiro atoms. The third kappa shape index (κ3) is 2.18. The van der Waals surface area contributed by atoms with Crippen LogP contribution in [-0.4, -0.2) is 17.7 Å². The number of phenols is 1. The van der Waals surface area contributed by atoms with Crippen LogP contribution in [0.5, 0.6) is 5.75 Å². The molecule has 1 heterocycles. The first-order chi connectivity index (χ1) is 7.59. The Morgan fingerprint density at radius 2 is 2.25 bits per heavy atom. The zero-order valence-electron chi connectivity index (χ0n) is 9.81. The minimum absolute atomic E-state index is 0.245. The van der Waals surface area contributed by atoms with E-state index < -0.39 is 0 Å². The van der Waals surface area contributed by atoms with Gasteiger partial charge in [0, 0.05) is 6.04 Å². The summed E-state index contributed by atoms with van der Waals surface area (Å²) in [5.41, 5.74) is 3.08. The number of benzene rings is 1. The van der Waals surface area contributed by atoms with Crippen LogP contribution in [0.3, 0.4) is 0 Å². The highest BCUT2D eigenvalue weighted by Gasteiger charge is 2.18. The summed E-state index contributed by atoms with van der Waals surface area (Å²) in [5, 5.41) is 13.8. The maximum atomic E-state index is 9.89. The van der Waals surface area contributed by atoms with E-state index in [1.807, 2.05) is 13.8 Å². The van der Waals surface area contributed by atoms with Crippen molar-refractivity contribution in [2.75, 3.05) is 6.54 Å². The van der Waals surface area contributed by atoms with E-state index in [1.165, 1.54) is 18.4 Å². The van der Waals surface area contributed by atoms with Gasteiger partial charge in [-0.2, -0.15) is 0 Å². The summed E-state index contributed by atoms with van der Waals surface area (Å²) < 4.78 is 0. The molecule has 3 heteroatoms. The van der Waals surface area contributed by atoms with Crippen molar-refractivity contribution in [1.29, 1.82) is 0 Å². The molecule has 0 saturated carbocycles. The van der Waals surface area contributed by atoms with Crippen molar-refractivity contribution in [3.05, 3.63) is 27.8 Å². The molecule has 2 nitrogen and oxygen atoms in total. The van der Waals surface area contributed by atoms with Crippen LogP contribution in [0, 0.1) is 13.8 Å². The fourth-order valence-corrected chi connectivity index (χ4v) is 2.54. The van der Waals surface area contributed by atoms with Crippen LogP contribution < -0.4 is 5.32 Å². The summed E-state index contributed by atoms with van der Waals surface area (Å²) in [4.78, 5) is 0. The predicted octanol–water partition coefficient (Wildman–Crippen LogP) is 2.96. The summed E-state index contributed by atoms with van der Waals surface area (Å²) in [6.45, 7) is 4.99. The molecule has 0 aromatic heterocycles. The van der Waals surface area contributed by atoms with Crippen molar-refractivity contribution < 1.29 is 5.11 Å². The van der Waals surface area contributed by atoms with Gasteiger partial charge in [0.05, 0.1) is 5.02 Å². The molecule has 1 aliphatic heterocycles. The van der Waals surface area contributed by atoms with Crippen molar-refractivity contribution >= 4 is 11.6 Å². The summed E-state index contributed by atoms with van der Waals surface area (Å²) in [7, 11) is 0. The fourth-order valence-electron chi connectivity index (χ4n) is 2.34. The second-order valence-corrected chi connectivity index (χ2v) is 5.02. The average Bonchev–Trinajstić information content (AvgIpc) is 2.76. The number of hydrogen-bond acceptors (Lipinski definition) is 2. The zero-order chi connectivity index (χ0) is 11.7. The van der Waals surface area contributed by atoms with E-state index in [0.717, 1.165) is 24.1 Å². The summed E-state index contributed by atoms with van der Waals surface area (Å²) in [5.74, 6) is 0.245. The van der Waals surface area contributed by atoms with E-state index >= 15 is 0 Å². The average molecular weight is 240 g/mol. The normalized spacial score (nSPS) is 20.3. The molecule has 0 amide bonds. The summed E-state index contributed by atoms with van der Waals surface area (Å²) in [6, 6.07) is 2.65. The Morgan fingerprint density at radius 1 is 1.50 bits per heavy atom. The first-order valence-electron chi connectivity index (χ1n) is 5.80. The maximum Gasteiger partial charge on any atom is 0.137 e. The summed E-state index contributed by atoms with van der Waals surface area (Å²) >= 11 is 6.01. The van der Waals surface area contributed by atoms with Gasteiger partial charge in [-0.15, -0.1) is 0 Å². The van der Waals surface area contributed by atoms with Gasteiger partial charge >= 0.3 is 0 Å². The largest absolute Gasteiger partial charge is 0.506 e. The predicted molar refractivity (Wildman–Crippen MR) is 67.3 cm³/mol. The SMILES string of the molecule is Cc1cc(CC2CCCN2)c(C)c(O)c1Cl. The molecule has 0 bridgehead atoms. The number of aromatic hydroxyl groups is 1. The van der Waals surface area contributed by atoms with E-state index in [0.29, 0.717) is 11.1 Å². The highest BCUT2D eigenvalue weighted by atomic mass is 35.5.